The Balaban J connectivity index is 1.37. The number of amides is 3. The van der Waals surface area contributed by atoms with Gasteiger partial charge in [-0.1, -0.05) is 51.3 Å². The molecule has 0 aromatic heterocycles. The molecule has 2 aromatic rings. The Kier molecular flexibility index (Phi) is 5.21. The molecule has 0 radical (unpaired) electrons. The number of carbonyl (C=O) groups excluding carboxylic acids is 3. The van der Waals surface area contributed by atoms with E-state index in [9.17, 15) is 14.4 Å². The molecule has 1 saturated heterocycles. The molecule has 174 valence electrons. The highest BCUT2D eigenvalue weighted by atomic mass is 79.9. The lowest BCUT2D eigenvalue weighted by Gasteiger charge is -2.37. The van der Waals surface area contributed by atoms with E-state index < -0.39 is 0 Å². The molecule has 6 atom stereocenters. The third kappa shape index (κ3) is 3.29. The van der Waals surface area contributed by atoms with E-state index in [1.165, 1.54) is 15.9 Å². The van der Waals surface area contributed by atoms with Crippen LogP contribution in [-0.4, -0.2) is 29.3 Å². The van der Waals surface area contributed by atoms with Crippen LogP contribution >= 0.6 is 39.1 Å². The first-order valence-electron chi connectivity index (χ1n) is 11.3. The molecule has 3 fully saturated rings. The van der Waals surface area contributed by atoms with Gasteiger partial charge in [0, 0.05) is 15.7 Å². The number of likely N-dealkylation sites (tertiary alicyclic amines) is 1. The van der Waals surface area contributed by atoms with Crippen LogP contribution in [0.4, 0.5) is 5.69 Å². The summed E-state index contributed by atoms with van der Waals surface area (Å²) in [4.78, 5) is 43.6. The monoisotopic (exact) mass is 558 g/mol. The SMILES string of the molecule is Cc1cc(Br)ccc1N(CN1C(=O)[C@@H]2[C@H]3C=C[C@@H]([C@@H]4C[C@H]34)[C@H]2C1=O)C(=O)c1ccc(Cl)c(Cl)c1. The second-order valence-corrected chi connectivity index (χ2v) is 11.4. The van der Waals surface area contributed by atoms with Crippen molar-refractivity contribution in [2.24, 2.45) is 35.5 Å². The molecule has 2 aromatic carbocycles. The van der Waals surface area contributed by atoms with Crippen LogP contribution < -0.4 is 4.90 Å². The first-order valence-corrected chi connectivity index (χ1v) is 12.9. The summed E-state index contributed by atoms with van der Waals surface area (Å²) < 4.78 is 0.872. The molecule has 0 spiro atoms. The van der Waals surface area contributed by atoms with E-state index in [0.29, 0.717) is 28.1 Å². The Hall–Kier alpha value is -2.15. The minimum absolute atomic E-state index is 0.134. The number of allylic oxidation sites excluding steroid dienone is 2. The van der Waals surface area contributed by atoms with E-state index in [-0.39, 0.29) is 53.1 Å². The minimum Gasteiger partial charge on any atom is -0.289 e. The van der Waals surface area contributed by atoms with E-state index in [0.717, 1.165) is 16.5 Å². The lowest BCUT2D eigenvalue weighted by Crippen LogP contribution is -2.45. The van der Waals surface area contributed by atoms with Crippen LogP contribution in [0.5, 0.6) is 0 Å². The van der Waals surface area contributed by atoms with Crippen molar-refractivity contribution in [3.63, 3.8) is 0 Å². The highest BCUT2D eigenvalue weighted by Crippen LogP contribution is 2.65. The zero-order chi connectivity index (χ0) is 23.9. The van der Waals surface area contributed by atoms with Crippen LogP contribution in [-0.2, 0) is 9.59 Å². The molecule has 4 aliphatic carbocycles. The average molecular weight is 560 g/mol. The highest BCUT2D eigenvalue weighted by molar-refractivity contribution is 9.10. The highest BCUT2D eigenvalue weighted by Gasteiger charge is 2.67. The van der Waals surface area contributed by atoms with Crippen molar-refractivity contribution < 1.29 is 14.4 Å². The molecular formula is C26H21BrCl2N2O3. The fourth-order valence-electron chi connectivity index (χ4n) is 6.26. The first-order chi connectivity index (χ1) is 16.3. The Labute approximate surface area is 215 Å². The molecular weight excluding hydrogens is 539 g/mol. The molecule has 2 bridgehead atoms. The van der Waals surface area contributed by atoms with E-state index >= 15 is 0 Å². The molecule has 2 saturated carbocycles. The number of benzene rings is 2. The molecule has 8 heteroatoms. The molecule has 3 amide bonds. The Morgan fingerprint density at radius 1 is 1.00 bits per heavy atom. The number of halogens is 3. The van der Waals surface area contributed by atoms with Gasteiger partial charge < -0.3 is 0 Å². The van der Waals surface area contributed by atoms with Gasteiger partial charge in [0.05, 0.1) is 21.9 Å². The third-order valence-electron chi connectivity index (χ3n) is 7.90. The summed E-state index contributed by atoms with van der Waals surface area (Å²) in [7, 11) is 0. The zero-order valence-electron chi connectivity index (χ0n) is 18.3. The largest absolute Gasteiger partial charge is 0.289 e. The normalized spacial score (nSPS) is 30.4. The maximum Gasteiger partial charge on any atom is 0.259 e. The maximum absolute atomic E-state index is 13.7. The minimum atomic E-state index is -0.358. The lowest BCUT2D eigenvalue weighted by atomic mass is 9.63. The number of nitrogens with zero attached hydrogens (tertiary/aromatic N) is 2. The predicted octanol–water partition coefficient (Wildman–Crippen LogP) is 5.72. The summed E-state index contributed by atoms with van der Waals surface area (Å²) in [6.45, 7) is 1.75. The fraction of sp³-hybridized carbons (Fsp3) is 0.346. The number of anilines is 1. The molecule has 0 N–H and O–H groups in total. The first kappa shape index (κ1) is 22.3. The summed E-state index contributed by atoms with van der Waals surface area (Å²) in [6.07, 6.45) is 5.40. The van der Waals surface area contributed by atoms with Crippen molar-refractivity contribution in [3.8, 4) is 0 Å². The summed E-state index contributed by atoms with van der Waals surface area (Å²) in [6, 6.07) is 10.2. The Bertz CT molecular complexity index is 1260. The molecule has 7 rings (SSSR count). The van der Waals surface area contributed by atoms with Crippen molar-refractivity contribution in [2.75, 3.05) is 11.6 Å². The number of hydrogen-bond acceptors (Lipinski definition) is 3. The smallest absolute Gasteiger partial charge is 0.259 e. The van der Waals surface area contributed by atoms with E-state index in [1.54, 1.807) is 12.1 Å². The summed E-state index contributed by atoms with van der Waals surface area (Å²) in [5.41, 5.74) is 1.79. The molecule has 34 heavy (non-hydrogen) atoms. The molecule has 0 unspecified atom stereocenters. The van der Waals surface area contributed by atoms with Gasteiger partial charge in [0.2, 0.25) is 11.8 Å². The number of imide groups is 1. The zero-order valence-corrected chi connectivity index (χ0v) is 21.3. The Morgan fingerprint density at radius 2 is 1.65 bits per heavy atom. The fourth-order valence-corrected chi connectivity index (χ4v) is 7.03. The molecule has 1 heterocycles. The van der Waals surface area contributed by atoms with Crippen LogP contribution in [0.25, 0.3) is 0 Å². The van der Waals surface area contributed by atoms with Crippen LogP contribution in [0.1, 0.15) is 22.3 Å². The van der Waals surface area contributed by atoms with Gasteiger partial charge in [-0.15, -0.1) is 0 Å². The topological polar surface area (TPSA) is 57.7 Å². The molecule has 5 aliphatic rings. The summed E-state index contributed by atoms with van der Waals surface area (Å²) in [5.74, 6) is 0.0148. The van der Waals surface area contributed by atoms with Crippen molar-refractivity contribution in [3.05, 3.63) is 74.2 Å². The second-order valence-electron chi connectivity index (χ2n) is 9.69. The van der Waals surface area contributed by atoms with Gasteiger partial charge in [-0.05, 0) is 79.0 Å². The van der Waals surface area contributed by atoms with Gasteiger partial charge in [-0.3, -0.25) is 24.2 Å². The van der Waals surface area contributed by atoms with E-state index in [2.05, 4.69) is 28.1 Å². The standard InChI is InChI=1S/C26H21BrCl2N2O3/c1-12-8-14(27)3-7-21(12)30(24(32)13-2-6-19(28)20(29)9-13)11-31-25(33)22-15-4-5-16(18-10-17(15)18)23(22)26(31)34/h2-9,15-18,22-23H,10-11H2,1H3/t15-,16-,17-,18+,22+,23+/m0/s1. The molecule has 1 aliphatic heterocycles. The van der Waals surface area contributed by atoms with Crippen LogP contribution in [0, 0.1) is 42.4 Å². The second kappa shape index (κ2) is 7.94. The summed E-state index contributed by atoms with van der Waals surface area (Å²) in [5, 5.41) is 0.612. The van der Waals surface area contributed by atoms with E-state index in [4.69, 9.17) is 23.2 Å². The van der Waals surface area contributed by atoms with E-state index in [1.807, 2.05) is 25.1 Å². The van der Waals surface area contributed by atoms with Crippen molar-refractivity contribution >= 4 is 62.5 Å². The van der Waals surface area contributed by atoms with Gasteiger partial charge in [0.1, 0.15) is 6.67 Å². The van der Waals surface area contributed by atoms with Crippen molar-refractivity contribution in [2.45, 2.75) is 13.3 Å². The van der Waals surface area contributed by atoms with Crippen molar-refractivity contribution in [1.29, 1.82) is 0 Å². The van der Waals surface area contributed by atoms with Gasteiger partial charge in [-0.2, -0.15) is 0 Å². The number of carbonyl (C=O) groups is 3. The van der Waals surface area contributed by atoms with Gasteiger partial charge >= 0.3 is 0 Å². The molecule has 5 nitrogen and oxygen atoms in total. The summed E-state index contributed by atoms with van der Waals surface area (Å²) >= 11 is 15.7. The van der Waals surface area contributed by atoms with Gasteiger partial charge in [0.15, 0.2) is 0 Å². The quantitative estimate of drug-likeness (QED) is 0.355. The van der Waals surface area contributed by atoms with Crippen LogP contribution in [0.2, 0.25) is 10.0 Å². The predicted molar refractivity (Wildman–Crippen MR) is 134 cm³/mol. The van der Waals surface area contributed by atoms with Crippen LogP contribution in [0.3, 0.4) is 0 Å². The average Bonchev–Trinajstić information content (AvgIpc) is 3.59. The third-order valence-corrected chi connectivity index (χ3v) is 9.13. The van der Waals surface area contributed by atoms with Gasteiger partial charge in [0.25, 0.3) is 5.91 Å². The number of hydrogen-bond donors (Lipinski definition) is 0. The maximum atomic E-state index is 13.7. The van der Waals surface area contributed by atoms with Crippen LogP contribution in [0.15, 0.2) is 53.0 Å². The Morgan fingerprint density at radius 3 is 2.24 bits per heavy atom. The van der Waals surface area contributed by atoms with Gasteiger partial charge in [-0.25, -0.2) is 0 Å². The van der Waals surface area contributed by atoms with Crippen molar-refractivity contribution in [1.82, 2.24) is 4.90 Å². The number of aryl methyl sites for hydroxylation is 1. The lowest BCUT2D eigenvalue weighted by molar-refractivity contribution is -0.140. The number of rotatable bonds is 4.